The molecular weight excluding hydrogens is 384 g/mol. The molecule has 3 rings (SSSR count). The first kappa shape index (κ1) is 19.6. The monoisotopic (exact) mass is 404 g/mol. The van der Waals surface area contributed by atoms with E-state index in [2.05, 4.69) is 14.8 Å². The number of sulfonamides is 1. The Bertz CT molecular complexity index is 1180. The zero-order valence-corrected chi connectivity index (χ0v) is 16.7. The molecule has 0 spiro atoms. The number of hydrogen-bond acceptors (Lipinski definition) is 6. The lowest BCUT2D eigenvalue weighted by molar-refractivity contribution is -0.139. The van der Waals surface area contributed by atoms with Crippen molar-refractivity contribution in [2.45, 2.75) is 25.7 Å². The molecule has 10 heteroatoms. The summed E-state index contributed by atoms with van der Waals surface area (Å²) in [6.45, 7) is 4.56. The molecule has 0 amide bonds. The van der Waals surface area contributed by atoms with Crippen molar-refractivity contribution < 1.29 is 23.1 Å². The third kappa shape index (κ3) is 3.63. The highest BCUT2D eigenvalue weighted by atomic mass is 32.2. The number of carboxylic acids is 1. The molecule has 0 fully saturated rings. The van der Waals surface area contributed by atoms with Gasteiger partial charge in [0.15, 0.2) is 12.3 Å². The van der Waals surface area contributed by atoms with Crippen molar-refractivity contribution in [3.63, 3.8) is 0 Å². The van der Waals surface area contributed by atoms with Crippen molar-refractivity contribution in [1.29, 1.82) is 0 Å². The van der Waals surface area contributed by atoms with E-state index in [1.54, 1.807) is 37.7 Å². The quantitative estimate of drug-likeness (QED) is 0.645. The average Bonchev–Trinajstić information content (AvgIpc) is 2.87. The van der Waals surface area contributed by atoms with E-state index in [0.29, 0.717) is 22.5 Å². The highest BCUT2D eigenvalue weighted by Crippen LogP contribution is 2.30. The van der Waals surface area contributed by atoms with E-state index in [0.717, 1.165) is 11.1 Å². The van der Waals surface area contributed by atoms with E-state index in [1.165, 1.54) is 12.3 Å². The van der Waals surface area contributed by atoms with Gasteiger partial charge in [-0.15, -0.1) is 0 Å². The van der Waals surface area contributed by atoms with Crippen LogP contribution in [0.3, 0.4) is 0 Å². The molecule has 2 N–H and O–H groups in total. The number of nitrogens with one attached hydrogen (secondary N) is 1. The van der Waals surface area contributed by atoms with E-state index in [1.807, 2.05) is 6.92 Å². The number of benzene rings is 1. The van der Waals surface area contributed by atoms with Crippen LogP contribution in [-0.4, -0.2) is 40.9 Å². The van der Waals surface area contributed by atoms with Crippen molar-refractivity contribution in [3.05, 3.63) is 41.2 Å². The second kappa shape index (κ2) is 7.12. The number of nitrogens with zero attached hydrogens (tertiary/aromatic N) is 3. The number of aryl methyl sites for hydroxylation is 3. The van der Waals surface area contributed by atoms with Crippen LogP contribution in [-0.2, 0) is 21.9 Å². The average molecular weight is 404 g/mol. The Hall–Kier alpha value is -3.14. The summed E-state index contributed by atoms with van der Waals surface area (Å²) in [5.74, 6) is -0.904. The minimum absolute atomic E-state index is 0.00138. The predicted octanol–water partition coefficient (Wildman–Crippen LogP) is 2.16. The Morgan fingerprint density at radius 3 is 2.68 bits per heavy atom. The minimum atomic E-state index is -3.94. The molecule has 28 heavy (non-hydrogen) atoms. The Morgan fingerprint density at radius 2 is 2.00 bits per heavy atom. The van der Waals surface area contributed by atoms with Gasteiger partial charge in [0.1, 0.15) is 5.75 Å². The lowest BCUT2D eigenvalue weighted by atomic mass is 10.1. The normalized spacial score (nSPS) is 11.6. The molecule has 3 aromatic rings. The lowest BCUT2D eigenvalue weighted by Gasteiger charge is -2.15. The molecule has 0 saturated carbocycles. The second-order valence-corrected chi connectivity index (χ2v) is 8.08. The summed E-state index contributed by atoms with van der Waals surface area (Å²) >= 11 is 0. The molecule has 0 radical (unpaired) electrons. The number of aromatic nitrogens is 3. The summed E-state index contributed by atoms with van der Waals surface area (Å²) in [7, 11) is -2.18. The van der Waals surface area contributed by atoms with Crippen molar-refractivity contribution in [1.82, 2.24) is 14.8 Å². The largest absolute Gasteiger partial charge is 0.481 e. The Kier molecular flexibility index (Phi) is 4.99. The molecule has 1 aromatic carbocycles. The van der Waals surface area contributed by atoms with Crippen LogP contribution < -0.4 is 9.46 Å². The van der Waals surface area contributed by atoms with Gasteiger partial charge in [0, 0.05) is 18.0 Å². The molecule has 0 unspecified atom stereocenters. The molecule has 9 nitrogen and oxygen atoms in total. The van der Waals surface area contributed by atoms with Gasteiger partial charge in [-0.05, 0) is 38.5 Å². The third-order valence-corrected chi connectivity index (χ3v) is 5.82. The van der Waals surface area contributed by atoms with Crippen molar-refractivity contribution in [2.75, 3.05) is 11.3 Å². The first-order valence-electron chi connectivity index (χ1n) is 8.37. The second-order valence-electron chi connectivity index (χ2n) is 6.43. The van der Waals surface area contributed by atoms with Gasteiger partial charge in [0.25, 0.3) is 10.0 Å². The van der Waals surface area contributed by atoms with Crippen LogP contribution in [0.2, 0.25) is 0 Å². The summed E-state index contributed by atoms with van der Waals surface area (Å²) in [6.07, 6.45) is 1.42. The van der Waals surface area contributed by atoms with Crippen LogP contribution in [0.5, 0.6) is 5.75 Å². The Labute approximate surface area is 162 Å². The Morgan fingerprint density at radius 1 is 1.29 bits per heavy atom. The summed E-state index contributed by atoms with van der Waals surface area (Å²) in [6, 6.07) is 4.71. The fourth-order valence-electron chi connectivity index (χ4n) is 3.03. The first-order valence-corrected chi connectivity index (χ1v) is 9.85. The van der Waals surface area contributed by atoms with Gasteiger partial charge in [-0.3, -0.25) is 9.40 Å². The fraction of sp³-hybridized carbons (Fsp3) is 0.278. The smallest absolute Gasteiger partial charge is 0.341 e. The van der Waals surface area contributed by atoms with Crippen LogP contribution in [0.15, 0.2) is 29.3 Å². The molecule has 0 aliphatic heterocycles. The molecule has 0 bridgehead atoms. The number of rotatable bonds is 6. The molecule has 0 saturated heterocycles. The number of fused-ring (bicyclic) bond motifs is 1. The maximum Gasteiger partial charge on any atom is 0.341 e. The van der Waals surface area contributed by atoms with Gasteiger partial charge in [-0.2, -0.15) is 5.10 Å². The van der Waals surface area contributed by atoms with Crippen LogP contribution in [0, 0.1) is 20.8 Å². The van der Waals surface area contributed by atoms with E-state index in [9.17, 15) is 13.2 Å². The van der Waals surface area contributed by atoms with Crippen molar-refractivity contribution in [2.24, 2.45) is 7.05 Å². The van der Waals surface area contributed by atoms with Gasteiger partial charge in [-0.1, -0.05) is 6.07 Å². The number of pyridine rings is 1. The number of hydrogen-bond donors (Lipinski definition) is 2. The number of carboxylic acid groups (broad SMARTS) is 1. The number of carbonyl (C=O) groups is 1. The minimum Gasteiger partial charge on any atom is -0.481 e. The van der Waals surface area contributed by atoms with Gasteiger partial charge in [0.05, 0.1) is 22.5 Å². The zero-order valence-electron chi connectivity index (χ0n) is 15.8. The van der Waals surface area contributed by atoms with Gasteiger partial charge in [-0.25, -0.2) is 18.2 Å². The van der Waals surface area contributed by atoms with E-state index >= 15 is 0 Å². The van der Waals surface area contributed by atoms with Gasteiger partial charge < -0.3 is 9.84 Å². The first-order chi connectivity index (χ1) is 13.1. The van der Waals surface area contributed by atoms with Crippen LogP contribution in [0.25, 0.3) is 11.0 Å². The number of ether oxygens (including phenoxy) is 1. The summed E-state index contributed by atoms with van der Waals surface area (Å²) in [5.41, 5.74) is 2.67. The third-order valence-electron chi connectivity index (χ3n) is 4.30. The highest BCUT2D eigenvalue weighted by Gasteiger charge is 2.22. The fourth-order valence-corrected chi connectivity index (χ4v) is 4.30. The van der Waals surface area contributed by atoms with Crippen molar-refractivity contribution in [3.8, 4) is 5.75 Å². The van der Waals surface area contributed by atoms with Crippen molar-refractivity contribution >= 4 is 32.7 Å². The van der Waals surface area contributed by atoms with E-state index in [4.69, 9.17) is 9.84 Å². The van der Waals surface area contributed by atoms with Crippen LogP contribution in [0.4, 0.5) is 5.69 Å². The van der Waals surface area contributed by atoms with Crippen LogP contribution >= 0.6 is 0 Å². The molecule has 0 aliphatic rings. The molecule has 0 aliphatic carbocycles. The maximum absolute atomic E-state index is 12.9. The summed E-state index contributed by atoms with van der Waals surface area (Å²) < 4.78 is 35.3. The summed E-state index contributed by atoms with van der Waals surface area (Å²) in [5, 5.41) is 13.8. The molecule has 2 aromatic heterocycles. The topological polar surface area (TPSA) is 123 Å². The number of aliphatic carboxylic acids is 1. The lowest BCUT2D eigenvalue weighted by Crippen LogP contribution is -2.16. The molecule has 2 heterocycles. The molecule has 148 valence electrons. The summed E-state index contributed by atoms with van der Waals surface area (Å²) in [4.78, 5) is 15.1. The van der Waals surface area contributed by atoms with E-state index < -0.39 is 22.6 Å². The number of anilines is 1. The SMILES string of the molecule is Cc1ccc(S(=O)(=O)Nc2cnc3c(c2)c(C)nn3C)c(C)c1OCC(=O)O. The Balaban J connectivity index is 1.98. The van der Waals surface area contributed by atoms with Gasteiger partial charge >= 0.3 is 5.97 Å². The standard InChI is InChI=1S/C18H20N4O5S/c1-10-5-6-15(11(2)17(10)27-9-16(23)24)28(25,26)21-13-7-14-12(3)20-22(4)18(14)19-8-13/h5-8,21H,9H2,1-4H3,(H,23,24). The highest BCUT2D eigenvalue weighted by molar-refractivity contribution is 7.92. The van der Waals surface area contributed by atoms with E-state index in [-0.39, 0.29) is 10.6 Å². The van der Waals surface area contributed by atoms with Gasteiger partial charge in [0.2, 0.25) is 0 Å². The molecular formula is C18H20N4O5S. The molecule has 0 atom stereocenters. The maximum atomic E-state index is 12.9. The zero-order chi connectivity index (χ0) is 20.6. The van der Waals surface area contributed by atoms with Crippen LogP contribution in [0.1, 0.15) is 16.8 Å². The predicted molar refractivity (Wildman–Crippen MR) is 103 cm³/mol.